The van der Waals surface area contributed by atoms with Crippen LogP contribution in [0, 0.1) is 6.92 Å². The highest BCUT2D eigenvalue weighted by Gasteiger charge is 2.13. The molecule has 2 rings (SSSR count). The lowest BCUT2D eigenvalue weighted by Gasteiger charge is -2.08. The number of carbonyl (C=O) groups is 1. The molecule has 0 aromatic heterocycles. The minimum Gasteiger partial charge on any atom is -0.352 e. The van der Waals surface area contributed by atoms with Gasteiger partial charge in [0.2, 0.25) is 10.0 Å². The molecule has 0 heterocycles. The summed E-state index contributed by atoms with van der Waals surface area (Å²) < 4.78 is 27.0. The highest BCUT2D eigenvalue weighted by molar-refractivity contribution is 7.89. The Hall–Kier alpha value is -2.18. The van der Waals surface area contributed by atoms with Crippen LogP contribution in [0.5, 0.6) is 0 Å². The van der Waals surface area contributed by atoms with Gasteiger partial charge in [0.1, 0.15) is 0 Å². The minimum atomic E-state index is -3.54. The fourth-order valence-corrected chi connectivity index (χ4v) is 3.11. The first kappa shape index (κ1) is 18.2. The number of hydrogen-bond donors (Lipinski definition) is 2. The zero-order chi connectivity index (χ0) is 17.6. The van der Waals surface area contributed by atoms with E-state index in [9.17, 15) is 13.2 Å². The minimum absolute atomic E-state index is 0.122. The molecule has 0 bridgehead atoms. The van der Waals surface area contributed by atoms with Gasteiger partial charge in [-0.05, 0) is 43.2 Å². The number of nitrogens with one attached hydrogen (secondary N) is 2. The fraction of sp³-hybridized carbons (Fsp3) is 0.278. The van der Waals surface area contributed by atoms with Crippen molar-refractivity contribution in [1.82, 2.24) is 10.0 Å². The average molecular weight is 346 g/mol. The van der Waals surface area contributed by atoms with Crippen molar-refractivity contribution in [3.05, 3.63) is 65.2 Å². The first-order chi connectivity index (χ1) is 11.4. The van der Waals surface area contributed by atoms with Gasteiger partial charge in [0.25, 0.3) is 5.91 Å². The Morgan fingerprint density at radius 1 is 1.00 bits per heavy atom. The lowest BCUT2D eigenvalue weighted by molar-refractivity contribution is 0.0953. The number of sulfonamides is 1. The maximum Gasteiger partial charge on any atom is 0.251 e. The van der Waals surface area contributed by atoms with Gasteiger partial charge in [-0.2, -0.15) is 0 Å². The molecule has 24 heavy (non-hydrogen) atoms. The molecule has 0 aliphatic heterocycles. The van der Waals surface area contributed by atoms with E-state index in [0.29, 0.717) is 12.1 Å². The van der Waals surface area contributed by atoms with Crippen molar-refractivity contribution >= 4 is 15.9 Å². The molecule has 0 unspecified atom stereocenters. The quantitative estimate of drug-likeness (QED) is 0.809. The summed E-state index contributed by atoms with van der Waals surface area (Å²) in [7, 11) is -3.54. The summed E-state index contributed by atoms with van der Waals surface area (Å²) in [4.78, 5) is 12.1. The number of hydrogen-bond acceptors (Lipinski definition) is 3. The van der Waals surface area contributed by atoms with Crippen LogP contribution < -0.4 is 10.0 Å². The van der Waals surface area contributed by atoms with Gasteiger partial charge in [-0.1, -0.05) is 36.8 Å². The highest BCUT2D eigenvalue weighted by atomic mass is 32.2. The molecular weight excluding hydrogens is 324 g/mol. The molecule has 0 atom stereocenters. The molecule has 0 radical (unpaired) electrons. The van der Waals surface area contributed by atoms with E-state index < -0.39 is 10.0 Å². The van der Waals surface area contributed by atoms with Gasteiger partial charge < -0.3 is 5.32 Å². The molecule has 128 valence electrons. The van der Waals surface area contributed by atoms with Crippen LogP contribution >= 0.6 is 0 Å². The second-order valence-electron chi connectivity index (χ2n) is 5.59. The van der Waals surface area contributed by atoms with Gasteiger partial charge in [-0.25, -0.2) is 13.1 Å². The molecule has 2 aromatic rings. The predicted octanol–water partition coefficient (Wildman–Crippen LogP) is 2.61. The molecule has 0 aliphatic rings. The number of benzene rings is 2. The molecule has 2 aromatic carbocycles. The smallest absolute Gasteiger partial charge is 0.251 e. The molecule has 0 fully saturated rings. The molecule has 0 aliphatic carbocycles. The maximum absolute atomic E-state index is 12.2. The van der Waals surface area contributed by atoms with Gasteiger partial charge in [-0.3, -0.25) is 4.79 Å². The van der Waals surface area contributed by atoms with Crippen LogP contribution in [0.4, 0.5) is 0 Å². The van der Waals surface area contributed by atoms with E-state index in [1.54, 1.807) is 48.5 Å². The van der Waals surface area contributed by atoms with E-state index >= 15 is 0 Å². The predicted molar refractivity (Wildman–Crippen MR) is 94.3 cm³/mol. The van der Waals surface area contributed by atoms with Crippen molar-refractivity contribution < 1.29 is 13.2 Å². The van der Waals surface area contributed by atoms with Gasteiger partial charge in [-0.15, -0.1) is 0 Å². The molecule has 0 saturated heterocycles. The maximum atomic E-state index is 12.2. The van der Waals surface area contributed by atoms with E-state index in [1.165, 1.54) is 0 Å². The fourth-order valence-electron chi connectivity index (χ4n) is 2.09. The second-order valence-corrected chi connectivity index (χ2v) is 7.36. The van der Waals surface area contributed by atoms with Gasteiger partial charge >= 0.3 is 0 Å². The standard InChI is InChI=1S/C18H22N2O3S/c1-3-12-19-18(21)16-8-6-15(7-9-16)13-20-24(22,23)17-10-4-14(2)5-11-17/h4-11,20H,3,12-13H2,1-2H3,(H,19,21). The lowest BCUT2D eigenvalue weighted by atomic mass is 10.1. The van der Waals surface area contributed by atoms with Crippen molar-refractivity contribution in [1.29, 1.82) is 0 Å². The van der Waals surface area contributed by atoms with Gasteiger partial charge in [0, 0.05) is 18.7 Å². The van der Waals surface area contributed by atoms with Crippen LogP contribution in [0.2, 0.25) is 0 Å². The monoisotopic (exact) mass is 346 g/mol. The van der Waals surface area contributed by atoms with Crippen LogP contribution in [0.25, 0.3) is 0 Å². The number of rotatable bonds is 7. The Morgan fingerprint density at radius 3 is 2.21 bits per heavy atom. The van der Waals surface area contributed by atoms with Crippen molar-refractivity contribution in [2.45, 2.75) is 31.7 Å². The van der Waals surface area contributed by atoms with Crippen LogP contribution in [0.1, 0.15) is 34.8 Å². The van der Waals surface area contributed by atoms with Crippen molar-refractivity contribution in [2.75, 3.05) is 6.54 Å². The number of aryl methyl sites for hydroxylation is 1. The third-order valence-electron chi connectivity index (χ3n) is 3.55. The topological polar surface area (TPSA) is 75.3 Å². The summed E-state index contributed by atoms with van der Waals surface area (Å²) in [6.45, 7) is 4.70. The Labute approximate surface area is 143 Å². The molecular formula is C18H22N2O3S. The third-order valence-corrected chi connectivity index (χ3v) is 4.97. The van der Waals surface area contributed by atoms with Gasteiger partial charge in [0.15, 0.2) is 0 Å². The molecule has 0 spiro atoms. The molecule has 5 nitrogen and oxygen atoms in total. The van der Waals surface area contributed by atoms with E-state index in [2.05, 4.69) is 10.0 Å². The van der Waals surface area contributed by atoms with E-state index in [-0.39, 0.29) is 17.3 Å². The van der Waals surface area contributed by atoms with E-state index in [0.717, 1.165) is 17.5 Å². The normalized spacial score (nSPS) is 11.2. The van der Waals surface area contributed by atoms with E-state index in [4.69, 9.17) is 0 Å². The molecule has 6 heteroatoms. The largest absolute Gasteiger partial charge is 0.352 e. The Balaban J connectivity index is 1.99. The van der Waals surface area contributed by atoms with Crippen LogP contribution in [0.3, 0.4) is 0 Å². The van der Waals surface area contributed by atoms with Crippen molar-refractivity contribution in [3.8, 4) is 0 Å². The summed E-state index contributed by atoms with van der Waals surface area (Å²) in [5.41, 5.74) is 2.36. The highest BCUT2D eigenvalue weighted by Crippen LogP contribution is 2.11. The third kappa shape index (κ3) is 4.91. The average Bonchev–Trinajstić information content (AvgIpc) is 2.59. The Bertz CT molecular complexity index is 782. The van der Waals surface area contributed by atoms with Crippen LogP contribution in [-0.4, -0.2) is 20.9 Å². The lowest BCUT2D eigenvalue weighted by Crippen LogP contribution is -2.24. The zero-order valence-corrected chi connectivity index (χ0v) is 14.7. The molecule has 1 amide bonds. The van der Waals surface area contributed by atoms with E-state index in [1.807, 2.05) is 13.8 Å². The van der Waals surface area contributed by atoms with Gasteiger partial charge in [0.05, 0.1) is 4.90 Å². The summed E-state index contributed by atoms with van der Waals surface area (Å²) in [6.07, 6.45) is 0.880. The van der Waals surface area contributed by atoms with Crippen molar-refractivity contribution in [3.63, 3.8) is 0 Å². The summed E-state index contributed by atoms with van der Waals surface area (Å²) in [6, 6.07) is 13.6. The summed E-state index contributed by atoms with van der Waals surface area (Å²) in [5.74, 6) is -0.122. The zero-order valence-electron chi connectivity index (χ0n) is 13.9. The summed E-state index contributed by atoms with van der Waals surface area (Å²) >= 11 is 0. The second kappa shape index (κ2) is 8.08. The van der Waals surface area contributed by atoms with Crippen LogP contribution in [-0.2, 0) is 16.6 Å². The molecule has 2 N–H and O–H groups in total. The SMILES string of the molecule is CCCNC(=O)c1ccc(CNS(=O)(=O)c2ccc(C)cc2)cc1. The number of carbonyl (C=O) groups excluding carboxylic acids is 1. The number of amides is 1. The summed E-state index contributed by atoms with van der Waals surface area (Å²) in [5, 5.41) is 2.80. The van der Waals surface area contributed by atoms with Crippen molar-refractivity contribution in [2.24, 2.45) is 0 Å². The first-order valence-electron chi connectivity index (χ1n) is 7.86. The van der Waals surface area contributed by atoms with Crippen LogP contribution in [0.15, 0.2) is 53.4 Å². The Kier molecular flexibility index (Phi) is 6.11. The Morgan fingerprint density at radius 2 is 1.62 bits per heavy atom. The first-order valence-corrected chi connectivity index (χ1v) is 9.34. The molecule has 0 saturated carbocycles.